The van der Waals surface area contributed by atoms with Crippen LogP contribution in [0.2, 0.25) is 0 Å². The molecule has 2 rings (SSSR count). The van der Waals surface area contributed by atoms with E-state index in [1.54, 1.807) is 33.3 Å². The van der Waals surface area contributed by atoms with E-state index < -0.39 is 10.0 Å². The Hall–Kier alpha value is -0.860. The molecule has 1 saturated heterocycles. The quantitative estimate of drug-likeness (QED) is 0.756. The smallest absolute Gasteiger partial charge is 0.240 e. The largest absolute Gasteiger partial charge is 0.496 e. The van der Waals surface area contributed by atoms with Gasteiger partial charge in [0, 0.05) is 13.7 Å². The van der Waals surface area contributed by atoms with Crippen molar-refractivity contribution in [1.29, 1.82) is 0 Å². The van der Waals surface area contributed by atoms with Crippen LogP contribution in [0.5, 0.6) is 5.75 Å². The van der Waals surface area contributed by atoms with Crippen molar-refractivity contribution in [2.75, 3.05) is 33.9 Å². The van der Waals surface area contributed by atoms with E-state index in [0.29, 0.717) is 29.4 Å². The second-order valence-electron chi connectivity index (χ2n) is 6.16. The number of aryl methyl sites for hydroxylation is 2. The van der Waals surface area contributed by atoms with Crippen LogP contribution in [0.1, 0.15) is 24.0 Å². The summed E-state index contributed by atoms with van der Waals surface area (Å²) in [5.74, 6) is 0.690. The van der Waals surface area contributed by atoms with Gasteiger partial charge in [0.05, 0.1) is 24.2 Å². The maximum atomic E-state index is 12.7. The Morgan fingerprint density at radius 3 is 2.50 bits per heavy atom. The van der Waals surface area contributed by atoms with Crippen molar-refractivity contribution in [3.63, 3.8) is 0 Å². The van der Waals surface area contributed by atoms with Gasteiger partial charge in [-0.2, -0.15) is 0 Å². The van der Waals surface area contributed by atoms with Crippen LogP contribution >= 0.6 is 12.4 Å². The van der Waals surface area contributed by atoms with Crippen LogP contribution in [0, 0.1) is 13.8 Å². The number of ether oxygens (including phenoxy) is 2. The van der Waals surface area contributed by atoms with E-state index in [1.807, 2.05) is 6.92 Å². The summed E-state index contributed by atoms with van der Waals surface area (Å²) in [6.45, 7) is 5.28. The SMILES string of the molecule is COCC1(CNS(=O)(=O)c2cc(C)c(OC)cc2C)CCCN1.Cl. The highest BCUT2D eigenvalue weighted by Gasteiger charge is 2.35. The van der Waals surface area contributed by atoms with Crippen LogP contribution in [-0.2, 0) is 14.8 Å². The molecule has 0 bridgehead atoms. The molecule has 1 aliphatic rings. The molecule has 1 unspecified atom stereocenters. The number of benzene rings is 1. The first kappa shape index (κ1) is 21.2. The third kappa shape index (κ3) is 4.61. The first-order chi connectivity index (χ1) is 10.8. The summed E-state index contributed by atoms with van der Waals surface area (Å²) < 4.78 is 38.6. The van der Waals surface area contributed by atoms with Crippen molar-refractivity contribution in [3.8, 4) is 5.75 Å². The molecule has 1 aliphatic heterocycles. The first-order valence-corrected chi connectivity index (χ1v) is 9.21. The monoisotopic (exact) mass is 378 g/mol. The Morgan fingerprint density at radius 1 is 1.25 bits per heavy atom. The Morgan fingerprint density at radius 2 is 1.96 bits per heavy atom. The van der Waals surface area contributed by atoms with Gasteiger partial charge in [0.25, 0.3) is 0 Å². The van der Waals surface area contributed by atoms with Gasteiger partial charge in [-0.05, 0) is 56.5 Å². The molecular weight excluding hydrogens is 352 g/mol. The summed E-state index contributed by atoms with van der Waals surface area (Å²) in [5.41, 5.74) is 1.14. The maximum Gasteiger partial charge on any atom is 0.240 e. The highest BCUT2D eigenvalue weighted by molar-refractivity contribution is 7.89. The second kappa shape index (κ2) is 8.49. The minimum Gasteiger partial charge on any atom is -0.496 e. The molecule has 0 aromatic heterocycles. The lowest BCUT2D eigenvalue weighted by molar-refractivity contribution is 0.122. The highest BCUT2D eigenvalue weighted by atomic mass is 35.5. The summed E-state index contributed by atoms with van der Waals surface area (Å²) >= 11 is 0. The predicted octanol–water partition coefficient (Wildman–Crippen LogP) is 1.78. The maximum absolute atomic E-state index is 12.7. The van der Waals surface area contributed by atoms with Crippen molar-refractivity contribution in [3.05, 3.63) is 23.3 Å². The van der Waals surface area contributed by atoms with Crippen LogP contribution in [0.4, 0.5) is 0 Å². The van der Waals surface area contributed by atoms with E-state index in [9.17, 15) is 8.42 Å². The zero-order valence-corrected chi connectivity index (χ0v) is 16.3. The van der Waals surface area contributed by atoms with Gasteiger partial charge in [-0.1, -0.05) is 0 Å². The van der Waals surface area contributed by atoms with Gasteiger partial charge in [0.1, 0.15) is 5.75 Å². The third-order valence-corrected chi connectivity index (χ3v) is 5.88. The predicted molar refractivity (Wildman–Crippen MR) is 96.7 cm³/mol. The van der Waals surface area contributed by atoms with E-state index in [-0.39, 0.29) is 17.9 Å². The fourth-order valence-corrected chi connectivity index (χ4v) is 4.49. The molecule has 1 aromatic rings. The van der Waals surface area contributed by atoms with Crippen molar-refractivity contribution >= 4 is 22.4 Å². The molecule has 0 saturated carbocycles. The third-order valence-electron chi connectivity index (χ3n) is 4.34. The topological polar surface area (TPSA) is 76.7 Å². The first-order valence-electron chi connectivity index (χ1n) is 7.72. The Kier molecular flexibility index (Phi) is 7.49. The van der Waals surface area contributed by atoms with Crippen LogP contribution in [0.25, 0.3) is 0 Å². The molecule has 1 atom stereocenters. The van der Waals surface area contributed by atoms with Crippen molar-refractivity contribution < 1.29 is 17.9 Å². The van der Waals surface area contributed by atoms with E-state index >= 15 is 0 Å². The van der Waals surface area contributed by atoms with Gasteiger partial charge >= 0.3 is 0 Å². The van der Waals surface area contributed by atoms with Crippen LogP contribution in [0.3, 0.4) is 0 Å². The average molecular weight is 379 g/mol. The fourth-order valence-electron chi connectivity index (χ4n) is 3.05. The minimum atomic E-state index is -3.58. The van der Waals surface area contributed by atoms with Crippen molar-refractivity contribution in [1.82, 2.24) is 10.0 Å². The molecule has 0 radical (unpaired) electrons. The summed E-state index contributed by atoms with van der Waals surface area (Å²) in [6.07, 6.45) is 1.91. The molecule has 1 fully saturated rings. The highest BCUT2D eigenvalue weighted by Crippen LogP contribution is 2.26. The fraction of sp³-hybridized carbons (Fsp3) is 0.625. The number of sulfonamides is 1. The number of halogens is 1. The number of nitrogens with one attached hydrogen (secondary N) is 2. The standard InChI is InChI=1S/C16H26N2O4S.ClH/c1-12-9-15(13(2)8-14(12)22-4)23(19,20)18-10-16(11-21-3)6-5-7-17-16;/h8-9,17-18H,5-7,10-11H2,1-4H3;1H. The van der Waals surface area contributed by atoms with Gasteiger partial charge in [-0.25, -0.2) is 13.1 Å². The Bertz CT molecular complexity index is 658. The van der Waals surface area contributed by atoms with Crippen molar-refractivity contribution in [2.45, 2.75) is 37.1 Å². The number of hydrogen-bond acceptors (Lipinski definition) is 5. The second-order valence-corrected chi connectivity index (χ2v) is 7.89. The van der Waals surface area contributed by atoms with Crippen LogP contribution < -0.4 is 14.8 Å². The molecule has 1 aromatic carbocycles. The Labute approximate surface area is 150 Å². The minimum absolute atomic E-state index is 0. The van der Waals surface area contributed by atoms with Crippen LogP contribution in [-0.4, -0.2) is 47.9 Å². The molecule has 0 aliphatic carbocycles. The average Bonchev–Trinajstić information content (AvgIpc) is 2.96. The summed E-state index contributed by atoms with van der Waals surface area (Å²) in [7, 11) is -0.373. The molecule has 24 heavy (non-hydrogen) atoms. The molecule has 8 heteroatoms. The lowest BCUT2D eigenvalue weighted by atomic mass is 9.99. The number of methoxy groups -OCH3 is 2. The molecule has 6 nitrogen and oxygen atoms in total. The normalized spacial score (nSPS) is 20.7. The van der Waals surface area contributed by atoms with Gasteiger partial charge in [-0.3, -0.25) is 0 Å². The lowest BCUT2D eigenvalue weighted by Crippen LogP contribution is -2.52. The molecule has 2 N–H and O–H groups in total. The molecule has 1 heterocycles. The molecule has 0 amide bonds. The van der Waals surface area contributed by atoms with E-state index in [2.05, 4.69) is 10.0 Å². The van der Waals surface area contributed by atoms with E-state index in [4.69, 9.17) is 9.47 Å². The van der Waals surface area contributed by atoms with Crippen molar-refractivity contribution in [2.24, 2.45) is 0 Å². The van der Waals surface area contributed by atoms with Gasteiger partial charge in [-0.15, -0.1) is 12.4 Å². The van der Waals surface area contributed by atoms with E-state index in [1.165, 1.54) is 0 Å². The molecule has 138 valence electrons. The summed E-state index contributed by atoms with van der Waals surface area (Å²) in [6, 6.07) is 3.41. The zero-order valence-electron chi connectivity index (χ0n) is 14.6. The number of rotatable bonds is 7. The molecular formula is C16H27ClN2O4S. The summed E-state index contributed by atoms with van der Waals surface area (Å²) in [5, 5.41) is 3.37. The Balaban J connectivity index is 0.00000288. The number of hydrogen-bond donors (Lipinski definition) is 2. The summed E-state index contributed by atoms with van der Waals surface area (Å²) in [4.78, 5) is 0.293. The van der Waals surface area contributed by atoms with E-state index in [0.717, 1.165) is 24.9 Å². The zero-order chi connectivity index (χ0) is 17.1. The molecule has 0 spiro atoms. The van der Waals surface area contributed by atoms with Gasteiger partial charge < -0.3 is 14.8 Å². The van der Waals surface area contributed by atoms with Crippen LogP contribution in [0.15, 0.2) is 17.0 Å². The lowest BCUT2D eigenvalue weighted by Gasteiger charge is -2.29. The van der Waals surface area contributed by atoms with Gasteiger partial charge in [0.15, 0.2) is 0 Å². The van der Waals surface area contributed by atoms with Gasteiger partial charge in [0.2, 0.25) is 10.0 Å².